The van der Waals surface area contributed by atoms with Gasteiger partial charge in [0.05, 0.1) is 11.2 Å². The standard InChI is InChI=1S/C21H14FN/c22-18-11-12-20-17(13-18)14-19(15-7-3-1-4-8-15)21(23-20)16-9-5-2-6-10-16/h1-14H. The molecular formula is C21H14FN. The molecule has 23 heavy (non-hydrogen) atoms. The minimum atomic E-state index is -0.245. The molecule has 0 N–H and O–H groups in total. The molecule has 0 aliphatic heterocycles. The van der Waals surface area contributed by atoms with Crippen LogP contribution in [0.15, 0.2) is 84.9 Å². The molecular weight excluding hydrogens is 285 g/mol. The van der Waals surface area contributed by atoms with Crippen molar-refractivity contribution in [1.82, 2.24) is 4.98 Å². The predicted molar refractivity (Wildman–Crippen MR) is 92.6 cm³/mol. The third kappa shape index (κ3) is 2.59. The van der Waals surface area contributed by atoms with Crippen molar-refractivity contribution >= 4 is 10.9 Å². The van der Waals surface area contributed by atoms with Gasteiger partial charge in [-0.05, 0) is 29.8 Å². The molecule has 110 valence electrons. The number of aromatic nitrogens is 1. The maximum atomic E-state index is 13.6. The van der Waals surface area contributed by atoms with Crippen LogP contribution in [0.25, 0.3) is 33.3 Å². The number of halogens is 1. The summed E-state index contributed by atoms with van der Waals surface area (Å²) in [4.78, 5) is 4.80. The van der Waals surface area contributed by atoms with E-state index in [1.165, 1.54) is 12.1 Å². The molecule has 1 aromatic heterocycles. The van der Waals surface area contributed by atoms with Gasteiger partial charge in [0.1, 0.15) is 5.82 Å². The first-order chi connectivity index (χ1) is 11.3. The van der Waals surface area contributed by atoms with Crippen LogP contribution in [-0.4, -0.2) is 4.98 Å². The van der Waals surface area contributed by atoms with Crippen molar-refractivity contribution in [3.05, 3.63) is 90.7 Å². The summed E-state index contributed by atoms with van der Waals surface area (Å²) in [6.07, 6.45) is 0. The largest absolute Gasteiger partial charge is 0.247 e. The molecule has 0 amide bonds. The van der Waals surface area contributed by atoms with Crippen LogP contribution in [0.5, 0.6) is 0 Å². The molecule has 0 atom stereocenters. The Labute approximate surface area is 134 Å². The first-order valence-corrected chi connectivity index (χ1v) is 7.52. The Balaban J connectivity index is 2.04. The second kappa shape index (κ2) is 5.65. The summed E-state index contributed by atoms with van der Waals surface area (Å²) < 4.78 is 13.6. The lowest BCUT2D eigenvalue weighted by molar-refractivity contribution is 0.629. The van der Waals surface area contributed by atoms with E-state index in [1.54, 1.807) is 6.07 Å². The molecule has 0 saturated carbocycles. The number of hydrogen-bond acceptors (Lipinski definition) is 1. The van der Waals surface area contributed by atoms with Crippen molar-refractivity contribution in [2.24, 2.45) is 0 Å². The summed E-state index contributed by atoms with van der Waals surface area (Å²) in [5.74, 6) is -0.245. The molecule has 0 bridgehead atoms. The number of benzene rings is 3. The van der Waals surface area contributed by atoms with E-state index in [4.69, 9.17) is 4.98 Å². The van der Waals surface area contributed by atoms with Gasteiger partial charge >= 0.3 is 0 Å². The van der Waals surface area contributed by atoms with E-state index < -0.39 is 0 Å². The topological polar surface area (TPSA) is 12.9 Å². The molecule has 0 saturated heterocycles. The van der Waals surface area contributed by atoms with Crippen LogP contribution in [0.2, 0.25) is 0 Å². The van der Waals surface area contributed by atoms with Crippen molar-refractivity contribution in [3.63, 3.8) is 0 Å². The lowest BCUT2D eigenvalue weighted by Crippen LogP contribution is -1.91. The van der Waals surface area contributed by atoms with Crippen molar-refractivity contribution in [3.8, 4) is 22.4 Å². The van der Waals surface area contributed by atoms with Crippen LogP contribution in [0.4, 0.5) is 4.39 Å². The summed E-state index contributed by atoms with van der Waals surface area (Å²) in [7, 11) is 0. The Morgan fingerprint density at radius 3 is 2.00 bits per heavy atom. The van der Waals surface area contributed by atoms with Gasteiger partial charge in [0.25, 0.3) is 0 Å². The maximum Gasteiger partial charge on any atom is 0.123 e. The Bertz CT molecular complexity index is 963. The molecule has 0 aliphatic rings. The lowest BCUT2D eigenvalue weighted by Gasteiger charge is -2.11. The van der Waals surface area contributed by atoms with Gasteiger partial charge in [-0.15, -0.1) is 0 Å². The third-order valence-corrected chi connectivity index (χ3v) is 3.91. The number of hydrogen-bond donors (Lipinski definition) is 0. The Morgan fingerprint density at radius 1 is 0.652 bits per heavy atom. The van der Waals surface area contributed by atoms with Gasteiger partial charge in [-0.2, -0.15) is 0 Å². The monoisotopic (exact) mass is 299 g/mol. The molecule has 0 spiro atoms. The van der Waals surface area contributed by atoms with E-state index in [2.05, 4.69) is 12.1 Å². The molecule has 0 aliphatic carbocycles. The highest BCUT2D eigenvalue weighted by Gasteiger charge is 2.11. The molecule has 0 fully saturated rings. The van der Waals surface area contributed by atoms with Crippen molar-refractivity contribution in [2.45, 2.75) is 0 Å². The van der Waals surface area contributed by atoms with Gasteiger partial charge in [-0.1, -0.05) is 60.7 Å². The van der Waals surface area contributed by atoms with Gasteiger partial charge in [-0.25, -0.2) is 9.37 Å². The Hall–Kier alpha value is -3.00. The molecule has 4 rings (SSSR count). The second-order valence-electron chi connectivity index (χ2n) is 5.45. The third-order valence-electron chi connectivity index (χ3n) is 3.91. The van der Waals surface area contributed by atoms with Crippen molar-refractivity contribution < 1.29 is 4.39 Å². The van der Waals surface area contributed by atoms with Gasteiger partial charge in [0.2, 0.25) is 0 Å². The van der Waals surface area contributed by atoms with E-state index in [9.17, 15) is 4.39 Å². The molecule has 0 radical (unpaired) electrons. The number of nitrogens with zero attached hydrogens (tertiary/aromatic N) is 1. The van der Waals surface area contributed by atoms with Gasteiger partial charge in [0.15, 0.2) is 0 Å². The van der Waals surface area contributed by atoms with Gasteiger partial charge < -0.3 is 0 Å². The average Bonchev–Trinajstić information content (AvgIpc) is 2.62. The Morgan fingerprint density at radius 2 is 1.30 bits per heavy atom. The minimum absolute atomic E-state index is 0.245. The van der Waals surface area contributed by atoms with Gasteiger partial charge in [-0.3, -0.25) is 0 Å². The predicted octanol–water partition coefficient (Wildman–Crippen LogP) is 5.71. The SMILES string of the molecule is Fc1ccc2nc(-c3ccccc3)c(-c3ccccc3)cc2c1. The van der Waals surface area contributed by atoms with E-state index in [1.807, 2.05) is 54.6 Å². The highest BCUT2D eigenvalue weighted by Crippen LogP contribution is 2.33. The first kappa shape index (κ1) is 13.6. The zero-order valence-electron chi connectivity index (χ0n) is 12.4. The lowest BCUT2D eigenvalue weighted by atomic mass is 9.97. The molecule has 2 heteroatoms. The summed E-state index contributed by atoms with van der Waals surface area (Å²) in [5, 5.41) is 0.809. The maximum absolute atomic E-state index is 13.6. The summed E-state index contributed by atoms with van der Waals surface area (Å²) in [6, 6.07) is 26.9. The van der Waals surface area contributed by atoms with Crippen LogP contribution in [0.3, 0.4) is 0 Å². The highest BCUT2D eigenvalue weighted by atomic mass is 19.1. The molecule has 1 nitrogen and oxygen atoms in total. The number of rotatable bonds is 2. The molecule has 0 unspecified atom stereocenters. The smallest absolute Gasteiger partial charge is 0.123 e. The zero-order chi connectivity index (χ0) is 15.6. The average molecular weight is 299 g/mol. The normalized spacial score (nSPS) is 10.8. The molecule has 4 aromatic rings. The van der Waals surface area contributed by atoms with E-state index >= 15 is 0 Å². The highest BCUT2D eigenvalue weighted by molar-refractivity contribution is 5.91. The molecule has 3 aromatic carbocycles. The van der Waals surface area contributed by atoms with Crippen LogP contribution >= 0.6 is 0 Å². The fourth-order valence-electron chi connectivity index (χ4n) is 2.80. The fourth-order valence-corrected chi connectivity index (χ4v) is 2.80. The summed E-state index contributed by atoms with van der Waals surface area (Å²) >= 11 is 0. The first-order valence-electron chi connectivity index (χ1n) is 7.52. The summed E-state index contributed by atoms with van der Waals surface area (Å²) in [5.41, 5.74) is 4.85. The van der Waals surface area contributed by atoms with Crippen molar-refractivity contribution in [2.75, 3.05) is 0 Å². The van der Waals surface area contributed by atoms with Gasteiger partial charge in [0, 0.05) is 16.5 Å². The van der Waals surface area contributed by atoms with Crippen LogP contribution < -0.4 is 0 Å². The van der Waals surface area contributed by atoms with E-state index in [0.717, 1.165) is 33.3 Å². The van der Waals surface area contributed by atoms with Crippen LogP contribution in [0.1, 0.15) is 0 Å². The fraction of sp³-hybridized carbons (Fsp3) is 0. The van der Waals surface area contributed by atoms with Crippen LogP contribution in [0, 0.1) is 5.82 Å². The number of fused-ring (bicyclic) bond motifs is 1. The van der Waals surface area contributed by atoms with Crippen molar-refractivity contribution in [1.29, 1.82) is 0 Å². The second-order valence-corrected chi connectivity index (χ2v) is 5.45. The summed E-state index contributed by atoms with van der Waals surface area (Å²) in [6.45, 7) is 0. The van der Waals surface area contributed by atoms with E-state index in [-0.39, 0.29) is 5.82 Å². The quantitative estimate of drug-likeness (QED) is 0.462. The zero-order valence-corrected chi connectivity index (χ0v) is 12.4. The minimum Gasteiger partial charge on any atom is -0.247 e. The van der Waals surface area contributed by atoms with Crippen LogP contribution in [-0.2, 0) is 0 Å². The van der Waals surface area contributed by atoms with E-state index in [0.29, 0.717) is 0 Å². The Kier molecular flexibility index (Phi) is 3.35. The number of pyridine rings is 1. The molecule has 1 heterocycles.